The number of aliphatic imine (C=N–C) groups is 1. The Bertz CT molecular complexity index is 490. The van der Waals surface area contributed by atoms with Gasteiger partial charge in [-0.15, -0.1) is 0 Å². The van der Waals surface area contributed by atoms with Crippen LogP contribution in [0, 0.1) is 0 Å². The van der Waals surface area contributed by atoms with Crippen LogP contribution in [0.2, 0.25) is 0 Å². The smallest absolute Gasteiger partial charge is 0.191 e. The molecule has 1 atom stereocenters. The topological polar surface area (TPSA) is 52.8 Å². The summed E-state index contributed by atoms with van der Waals surface area (Å²) in [6, 6.07) is 4.96. The second kappa shape index (κ2) is 12.0. The lowest BCUT2D eigenvalue weighted by Crippen LogP contribution is -2.46. The monoisotopic (exact) mass is 362 g/mol. The van der Waals surface area contributed by atoms with E-state index in [2.05, 4.69) is 36.3 Å². The first-order valence-electron chi connectivity index (χ1n) is 10.5. The summed E-state index contributed by atoms with van der Waals surface area (Å²) in [7, 11) is 0. The summed E-state index contributed by atoms with van der Waals surface area (Å²) in [5, 5.41) is 7.27. The molecular weight excluding hydrogens is 324 g/mol. The predicted molar refractivity (Wildman–Crippen MR) is 110 cm³/mol. The second-order valence-corrected chi connectivity index (χ2v) is 7.40. The molecule has 0 bridgehead atoms. The molecule has 1 fully saturated rings. The van der Waals surface area contributed by atoms with Crippen molar-refractivity contribution in [2.45, 2.75) is 77.8 Å². The van der Waals surface area contributed by atoms with Gasteiger partial charge in [-0.25, -0.2) is 0 Å². The largest absolute Gasteiger partial charge is 0.469 e. The minimum absolute atomic E-state index is 0.432. The molecule has 1 saturated carbocycles. The fourth-order valence-electron chi connectivity index (χ4n) is 3.60. The molecule has 0 spiro atoms. The molecule has 0 aromatic carbocycles. The Morgan fingerprint density at radius 2 is 2.08 bits per heavy atom. The lowest BCUT2D eigenvalue weighted by Gasteiger charge is -2.23. The van der Waals surface area contributed by atoms with E-state index in [0.29, 0.717) is 12.1 Å². The molecule has 1 heterocycles. The van der Waals surface area contributed by atoms with E-state index in [9.17, 15) is 0 Å². The summed E-state index contributed by atoms with van der Waals surface area (Å²) in [6.07, 6.45) is 10.1. The second-order valence-electron chi connectivity index (χ2n) is 7.40. The van der Waals surface area contributed by atoms with Gasteiger partial charge in [0, 0.05) is 25.0 Å². The van der Waals surface area contributed by atoms with Crippen LogP contribution < -0.4 is 10.6 Å². The first-order chi connectivity index (χ1) is 12.7. The predicted octanol–water partition coefficient (Wildman–Crippen LogP) is 3.81. The minimum Gasteiger partial charge on any atom is -0.469 e. The van der Waals surface area contributed by atoms with Gasteiger partial charge in [-0.2, -0.15) is 0 Å². The Balaban J connectivity index is 1.79. The maximum atomic E-state index is 5.41. The van der Waals surface area contributed by atoms with Crippen molar-refractivity contribution in [2.24, 2.45) is 4.99 Å². The summed E-state index contributed by atoms with van der Waals surface area (Å²) in [5.74, 6) is 1.97. The van der Waals surface area contributed by atoms with Gasteiger partial charge < -0.3 is 20.0 Å². The number of hydrogen-bond acceptors (Lipinski definition) is 3. The van der Waals surface area contributed by atoms with Gasteiger partial charge in [0.15, 0.2) is 5.96 Å². The van der Waals surface area contributed by atoms with Crippen LogP contribution in [0.25, 0.3) is 0 Å². The Morgan fingerprint density at radius 3 is 2.73 bits per heavy atom. The molecule has 1 aliphatic rings. The van der Waals surface area contributed by atoms with E-state index < -0.39 is 0 Å². The molecule has 0 saturated heterocycles. The van der Waals surface area contributed by atoms with Gasteiger partial charge in [-0.3, -0.25) is 4.99 Å². The highest BCUT2D eigenvalue weighted by Gasteiger charge is 2.17. The molecule has 0 aliphatic heterocycles. The van der Waals surface area contributed by atoms with Crippen LogP contribution in [0.3, 0.4) is 0 Å². The van der Waals surface area contributed by atoms with Crippen molar-refractivity contribution < 1.29 is 4.42 Å². The molecule has 148 valence electrons. The van der Waals surface area contributed by atoms with Gasteiger partial charge in [0.2, 0.25) is 0 Å². The Labute approximate surface area is 159 Å². The van der Waals surface area contributed by atoms with Crippen molar-refractivity contribution in [1.29, 1.82) is 0 Å². The summed E-state index contributed by atoms with van der Waals surface area (Å²) < 4.78 is 5.41. The van der Waals surface area contributed by atoms with Crippen molar-refractivity contribution in [3.05, 3.63) is 24.2 Å². The summed E-state index contributed by atoms with van der Waals surface area (Å²) in [4.78, 5) is 7.29. The number of nitrogens with one attached hydrogen (secondary N) is 2. The normalized spacial score (nSPS) is 17.0. The number of rotatable bonds is 11. The molecule has 0 radical (unpaired) electrons. The molecule has 26 heavy (non-hydrogen) atoms. The van der Waals surface area contributed by atoms with Crippen LogP contribution >= 0.6 is 0 Å². The van der Waals surface area contributed by atoms with Crippen LogP contribution in [0.1, 0.15) is 65.1 Å². The van der Waals surface area contributed by atoms with E-state index in [1.54, 1.807) is 6.26 Å². The van der Waals surface area contributed by atoms with Gasteiger partial charge in [0.1, 0.15) is 5.76 Å². The van der Waals surface area contributed by atoms with Crippen molar-refractivity contribution in [3.63, 3.8) is 0 Å². The number of furan rings is 1. The third-order valence-electron chi connectivity index (χ3n) is 5.29. The zero-order chi connectivity index (χ0) is 18.6. The fraction of sp³-hybridized carbons (Fsp3) is 0.762. The molecule has 5 nitrogen and oxygen atoms in total. The van der Waals surface area contributed by atoms with Gasteiger partial charge in [-0.05, 0) is 64.4 Å². The van der Waals surface area contributed by atoms with Crippen LogP contribution in [0.15, 0.2) is 27.8 Å². The van der Waals surface area contributed by atoms with E-state index in [0.717, 1.165) is 37.8 Å². The van der Waals surface area contributed by atoms with Crippen LogP contribution in [-0.2, 0) is 6.42 Å². The molecule has 1 aromatic rings. The highest BCUT2D eigenvalue weighted by Crippen LogP contribution is 2.17. The van der Waals surface area contributed by atoms with E-state index in [4.69, 9.17) is 9.41 Å². The molecular formula is C21H38N4O. The lowest BCUT2D eigenvalue weighted by molar-refractivity contribution is 0.292. The molecule has 5 heteroatoms. The van der Waals surface area contributed by atoms with E-state index in [1.165, 1.54) is 45.1 Å². The van der Waals surface area contributed by atoms with Crippen LogP contribution in [-0.4, -0.2) is 49.1 Å². The highest BCUT2D eigenvalue weighted by atomic mass is 16.3. The molecule has 2 N–H and O–H groups in total. The number of hydrogen-bond donors (Lipinski definition) is 2. The van der Waals surface area contributed by atoms with E-state index in [1.807, 2.05) is 12.1 Å². The van der Waals surface area contributed by atoms with Crippen LogP contribution in [0.5, 0.6) is 0 Å². The Hall–Kier alpha value is -1.49. The number of nitrogens with zero attached hydrogens (tertiary/aromatic N) is 2. The first-order valence-corrected chi connectivity index (χ1v) is 10.5. The fourth-order valence-corrected chi connectivity index (χ4v) is 3.60. The van der Waals surface area contributed by atoms with Gasteiger partial charge in [-0.1, -0.05) is 26.7 Å². The average Bonchev–Trinajstić information content (AvgIpc) is 3.32. The Kier molecular flexibility index (Phi) is 9.61. The SMILES string of the molecule is CCN(CC)CCCC(C)NC(=NCCc1ccco1)NC1CCCC1. The van der Waals surface area contributed by atoms with E-state index >= 15 is 0 Å². The van der Waals surface area contributed by atoms with Crippen LogP contribution in [0.4, 0.5) is 0 Å². The standard InChI is InChI=1S/C21H38N4O/c1-4-25(5-2)16-8-10-18(3)23-21(24-19-11-6-7-12-19)22-15-14-20-13-9-17-26-20/h9,13,17-19H,4-8,10-12,14-16H2,1-3H3,(H2,22,23,24). The molecule has 1 aromatic heterocycles. The molecule has 1 aliphatic carbocycles. The molecule has 2 rings (SSSR count). The highest BCUT2D eigenvalue weighted by molar-refractivity contribution is 5.80. The lowest BCUT2D eigenvalue weighted by atomic mass is 10.1. The minimum atomic E-state index is 0.432. The summed E-state index contributed by atoms with van der Waals surface area (Å²) in [5.41, 5.74) is 0. The molecule has 1 unspecified atom stereocenters. The van der Waals surface area contributed by atoms with Gasteiger partial charge in [0.25, 0.3) is 0 Å². The van der Waals surface area contributed by atoms with Gasteiger partial charge >= 0.3 is 0 Å². The molecule has 0 amide bonds. The maximum absolute atomic E-state index is 5.41. The van der Waals surface area contributed by atoms with Crippen molar-refractivity contribution in [1.82, 2.24) is 15.5 Å². The third-order valence-corrected chi connectivity index (χ3v) is 5.29. The zero-order valence-electron chi connectivity index (χ0n) is 17.0. The van der Waals surface area contributed by atoms with E-state index in [-0.39, 0.29) is 0 Å². The average molecular weight is 363 g/mol. The summed E-state index contributed by atoms with van der Waals surface area (Å²) >= 11 is 0. The summed E-state index contributed by atoms with van der Waals surface area (Å²) in [6.45, 7) is 10.9. The van der Waals surface area contributed by atoms with Crippen molar-refractivity contribution in [2.75, 3.05) is 26.2 Å². The quantitative estimate of drug-likeness (QED) is 0.464. The maximum Gasteiger partial charge on any atom is 0.191 e. The van der Waals surface area contributed by atoms with Gasteiger partial charge in [0.05, 0.1) is 6.26 Å². The first kappa shape index (κ1) is 20.8. The van der Waals surface area contributed by atoms with Crippen molar-refractivity contribution >= 4 is 5.96 Å². The Morgan fingerprint density at radius 1 is 1.31 bits per heavy atom. The zero-order valence-corrected chi connectivity index (χ0v) is 17.0. The third kappa shape index (κ3) is 7.81. The van der Waals surface area contributed by atoms with Crippen molar-refractivity contribution in [3.8, 4) is 0 Å². The number of guanidine groups is 1.